The number of carbonyl (C=O) groups is 2. The second-order valence-electron chi connectivity index (χ2n) is 6.81. The SMILES string of the molecule is Cc1cccc(C(=O)N[C@@H](C)c2nnc(SCC(=O)Nc3ccc(Cl)cc3)n2C)c1. The third-order valence-electron chi connectivity index (χ3n) is 4.34. The first-order valence-electron chi connectivity index (χ1n) is 9.28. The van der Waals surface area contributed by atoms with Crippen LogP contribution in [0.2, 0.25) is 5.02 Å². The molecule has 0 fully saturated rings. The normalized spacial score (nSPS) is 11.7. The van der Waals surface area contributed by atoms with E-state index in [0.29, 0.717) is 27.3 Å². The molecular weight excluding hydrogens is 422 g/mol. The number of carbonyl (C=O) groups excluding carboxylic acids is 2. The minimum Gasteiger partial charge on any atom is -0.342 e. The Morgan fingerprint density at radius 1 is 1.17 bits per heavy atom. The van der Waals surface area contributed by atoms with Crippen LogP contribution in [0.15, 0.2) is 53.7 Å². The van der Waals surface area contributed by atoms with Gasteiger partial charge < -0.3 is 15.2 Å². The van der Waals surface area contributed by atoms with Gasteiger partial charge in [0.1, 0.15) is 0 Å². The Morgan fingerprint density at radius 2 is 1.90 bits per heavy atom. The molecule has 0 saturated heterocycles. The van der Waals surface area contributed by atoms with Crippen molar-refractivity contribution < 1.29 is 9.59 Å². The molecule has 9 heteroatoms. The van der Waals surface area contributed by atoms with Gasteiger partial charge in [-0.3, -0.25) is 9.59 Å². The van der Waals surface area contributed by atoms with Gasteiger partial charge in [0.25, 0.3) is 5.91 Å². The molecule has 156 valence electrons. The van der Waals surface area contributed by atoms with E-state index in [2.05, 4.69) is 20.8 Å². The fourth-order valence-electron chi connectivity index (χ4n) is 2.82. The van der Waals surface area contributed by atoms with Gasteiger partial charge in [-0.15, -0.1) is 10.2 Å². The standard InChI is InChI=1S/C21H22ClN5O2S/c1-13-5-4-6-15(11-13)20(29)23-14(2)19-25-26-21(27(19)3)30-12-18(28)24-17-9-7-16(22)8-10-17/h4-11,14H,12H2,1-3H3,(H,23,29)(H,24,28)/t14-/m0/s1. The van der Waals surface area contributed by atoms with E-state index >= 15 is 0 Å². The van der Waals surface area contributed by atoms with Crippen LogP contribution in [0.4, 0.5) is 5.69 Å². The molecule has 0 aliphatic rings. The highest BCUT2D eigenvalue weighted by atomic mass is 35.5. The van der Waals surface area contributed by atoms with Crippen molar-refractivity contribution in [3.63, 3.8) is 0 Å². The first kappa shape index (κ1) is 21.9. The molecule has 1 atom stereocenters. The summed E-state index contributed by atoms with van der Waals surface area (Å²) in [6.07, 6.45) is 0. The second kappa shape index (κ2) is 9.77. The van der Waals surface area contributed by atoms with Gasteiger partial charge in [-0.1, -0.05) is 41.1 Å². The van der Waals surface area contributed by atoms with Crippen LogP contribution in [0.5, 0.6) is 0 Å². The van der Waals surface area contributed by atoms with Gasteiger partial charge in [-0.05, 0) is 50.2 Å². The molecular formula is C21H22ClN5O2S. The van der Waals surface area contributed by atoms with Crippen LogP contribution in [0.25, 0.3) is 0 Å². The summed E-state index contributed by atoms with van der Waals surface area (Å²) in [5.41, 5.74) is 2.29. The number of amides is 2. The van der Waals surface area contributed by atoms with E-state index in [1.807, 2.05) is 39.1 Å². The lowest BCUT2D eigenvalue weighted by Crippen LogP contribution is -2.28. The zero-order valence-corrected chi connectivity index (χ0v) is 18.4. The van der Waals surface area contributed by atoms with Gasteiger partial charge in [0.05, 0.1) is 11.8 Å². The predicted octanol–water partition coefficient (Wildman–Crippen LogP) is 4.00. The molecule has 0 unspecified atom stereocenters. The molecule has 30 heavy (non-hydrogen) atoms. The van der Waals surface area contributed by atoms with Gasteiger partial charge in [0, 0.05) is 23.3 Å². The number of benzene rings is 2. The molecule has 0 saturated carbocycles. The van der Waals surface area contributed by atoms with Crippen LogP contribution in [0.3, 0.4) is 0 Å². The fraction of sp³-hybridized carbons (Fsp3) is 0.238. The van der Waals surface area contributed by atoms with Gasteiger partial charge in [0.15, 0.2) is 11.0 Å². The van der Waals surface area contributed by atoms with E-state index in [-0.39, 0.29) is 23.6 Å². The van der Waals surface area contributed by atoms with Gasteiger partial charge in [-0.25, -0.2) is 0 Å². The number of aromatic nitrogens is 3. The van der Waals surface area contributed by atoms with Crippen molar-refractivity contribution in [3.8, 4) is 0 Å². The van der Waals surface area contributed by atoms with Crippen molar-refractivity contribution in [2.75, 3.05) is 11.1 Å². The average molecular weight is 444 g/mol. The number of hydrogen-bond acceptors (Lipinski definition) is 5. The molecule has 2 N–H and O–H groups in total. The zero-order valence-electron chi connectivity index (χ0n) is 16.8. The Kier molecular flexibility index (Phi) is 7.12. The number of rotatable bonds is 7. The average Bonchev–Trinajstić information content (AvgIpc) is 3.08. The third kappa shape index (κ3) is 5.61. The summed E-state index contributed by atoms with van der Waals surface area (Å²) >= 11 is 7.12. The molecule has 1 aromatic heterocycles. The van der Waals surface area contributed by atoms with Gasteiger partial charge in [0.2, 0.25) is 5.91 Å². The molecule has 1 heterocycles. The summed E-state index contributed by atoms with van der Waals surface area (Å²) in [7, 11) is 1.81. The maximum atomic E-state index is 12.5. The maximum absolute atomic E-state index is 12.5. The zero-order chi connectivity index (χ0) is 21.7. The summed E-state index contributed by atoms with van der Waals surface area (Å²) in [4.78, 5) is 24.6. The highest BCUT2D eigenvalue weighted by molar-refractivity contribution is 7.99. The van der Waals surface area contributed by atoms with Crippen LogP contribution in [-0.4, -0.2) is 32.3 Å². The van der Waals surface area contributed by atoms with E-state index in [1.54, 1.807) is 34.9 Å². The minimum atomic E-state index is -0.340. The molecule has 0 radical (unpaired) electrons. The van der Waals surface area contributed by atoms with Crippen LogP contribution >= 0.6 is 23.4 Å². The number of hydrogen-bond donors (Lipinski definition) is 2. The first-order chi connectivity index (χ1) is 14.3. The Morgan fingerprint density at radius 3 is 2.60 bits per heavy atom. The molecule has 7 nitrogen and oxygen atoms in total. The summed E-state index contributed by atoms with van der Waals surface area (Å²) in [6.45, 7) is 3.79. The predicted molar refractivity (Wildman–Crippen MR) is 119 cm³/mol. The summed E-state index contributed by atoms with van der Waals surface area (Å²) < 4.78 is 1.78. The molecule has 0 bridgehead atoms. The number of nitrogens with one attached hydrogen (secondary N) is 2. The smallest absolute Gasteiger partial charge is 0.251 e. The largest absolute Gasteiger partial charge is 0.342 e. The van der Waals surface area contributed by atoms with Crippen molar-refractivity contribution in [2.45, 2.75) is 25.0 Å². The molecule has 2 amide bonds. The minimum absolute atomic E-state index is 0.160. The van der Waals surface area contributed by atoms with E-state index < -0.39 is 0 Å². The number of halogens is 1. The molecule has 0 spiro atoms. The lowest BCUT2D eigenvalue weighted by Gasteiger charge is -2.14. The van der Waals surface area contributed by atoms with Crippen molar-refractivity contribution in [1.82, 2.24) is 20.1 Å². The lowest BCUT2D eigenvalue weighted by molar-refractivity contribution is -0.113. The summed E-state index contributed by atoms with van der Waals surface area (Å²) in [5, 5.41) is 15.3. The number of anilines is 1. The van der Waals surface area contributed by atoms with Crippen molar-refractivity contribution >= 4 is 40.9 Å². The topological polar surface area (TPSA) is 88.9 Å². The first-order valence-corrected chi connectivity index (χ1v) is 10.6. The van der Waals surface area contributed by atoms with Crippen LogP contribution < -0.4 is 10.6 Å². The molecule has 0 aliphatic heterocycles. The number of nitrogens with zero attached hydrogens (tertiary/aromatic N) is 3. The Labute approximate surface area is 184 Å². The summed E-state index contributed by atoms with van der Waals surface area (Å²) in [5.74, 6) is 0.452. The van der Waals surface area contributed by atoms with E-state index in [9.17, 15) is 9.59 Å². The number of aryl methyl sites for hydroxylation is 1. The second-order valence-corrected chi connectivity index (χ2v) is 8.19. The maximum Gasteiger partial charge on any atom is 0.251 e. The third-order valence-corrected chi connectivity index (χ3v) is 5.62. The monoisotopic (exact) mass is 443 g/mol. The van der Waals surface area contributed by atoms with Crippen LogP contribution in [0.1, 0.15) is 34.7 Å². The van der Waals surface area contributed by atoms with Crippen molar-refractivity contribution in [3.05, 3.63) is 70.5 Å². The van der Waals surface area contributed by atoms with E-state index in [1.165, 1.54) is 11.8 Å². The molecule has 3 aromatic rings. The van der Waals surface area contributed by atoms with Gasteiger partial charge in [-0.2, -0.15) is 0 Å². The fourth-order valence-corrected chi connectivity index (χ4v) is 3.66. The van der Waals surface area contributed by atoms with Crippen LogP contribution in [-0.2, 0) is 11.8 Å². The molecule has 3 rings (SSSR count). The van der Waals surface area contributed by atoms with Gasteiger partial charge >= 0.3 is 0 Å². The highest BCUT2D eigenvalue weighted by Gasteiger charge is 2.19. The number of thioether (sulfide) groups is 1. The summed E-state index contributed by atoms with van der Waals surface area (Å²) in [6, 6.07) is 14.0. The Balaban J connectivity index is 1.57. The van der Waals surface area contributed by atoms with Crippen molar-refractivity contribution in [2.24, 2.45) is 7.05 Å². The highest BCUT2D eigenvalue weighted by Crippen LogP contribution is 2.20. The lowest BCUT2D eigenvalue weighted by atomic mass is 10.1. The molecule has 0 aliphatic carbocycles. The van der Waals surface area contributed by atoms with Crippen LogP contribution in [0, 0.1) is 6.92 Å². The quantitative estimate of drug-likeness (QED) is 0.539. The Hall–Kier alpha value is -2.84. The van der Waals surface area contributed by atoms with E-state index in [4.69, 9.17) is 11.6 Å². The molecule has 2 aromatic carbocycles. The van der Waals surface area contributed by atoms with E-state index in [0.717, 1.165) is 5.56 Å². The Bertz CT molecular complexity index is 1050. The van der Waals surface area contributed by atoms with Crippen molar-refractivity contribution in [1.29, 1.82) is 0 Å².